The van der Waals surface area contributed by atoms with Gasteiger partial charge in [-0.2, -0.15) is 23.5 Å². The van der Waals surface area contributed by atoms with Crippen molar-refractivity contribution in [1.82, 2.24) is 21.3 Å². The molecule has 4 aliphatic rings. The van der Waals surface area contributed by atoms with E-state index in [0.717, 1.165) is 37.2 Å². The van der Waals surface area contributed by atoms with E-state index in [1.54, 1.807) is 0 Å². The average molecular weight is 429 g/mol. The molecule has 5 N–H and O–H groups in total. The van der Waals surface area contributed by atoms with E-state index in [2.05, 4.69) is 21.3 Å². The second-order valence-corrected chi connectivity index (χ2v) is 10.7. The Morgan fingerprint density at radius 1 is 0.893 bits per heavy atom. The van der Waals surface area contributed by atoms with Crippen LogP contribution < -0.4 is 21.3 Å². The van der Waals surface area contributed by atoms with Crippen LogP contribution in [0.4, 0.5) is 9.59 Å². The maximum atomic E-state index is 11.7. The fourth-order valence-corrected chi connectivity index (χ4v) is 7.90. The van der Waals surface area contributed by atoms with Gasteiger partial charge in [-0.05, 0) is 25.7 Å². The lowest BCUT2D eigenvalue weighted by atomic mass is 9.93. The highest BCUT2D eigenvalue weighted by atomic mass is 32.2. The van der Waals surface area contributed by atoms with E-state index in [9.17, 15) is 19.5 Å². The van der Waals surface area contributed by atoms with E-state index in [1.807, 2.05) is 23.5 Å². The van der Waals surface area contributed by atoms with Gasteiger partial charge in [-0.1, -0.05) is 12.8 Å². The van der Waals surface area contributed by atoms with Gasteiger partial charge in [0.15, 0.2) is 0 Å². The number of aliphatic carboxylic acids is 1. The van der Waals surface area contributed by atoms with Crippen LogP contribution in [0.15, 0.2) is 0 Å². The summed E-state index contributed by atoms with van der Waals surface area (Å²) in [5.41, 5.74) is 0. The fraction of sp³-hybridized carbons (Fsp3) is 0.833. The van der Waals surface area contributed by atoms with Gasteiger partial charge in [0.25, 0.3) is 0 Å². The van der Waals surface area contributed by atoms with Gasteiger partial charge < -0.3 is 26.4 Å². The number of amides is 4. The summed E-state index contributed by atoms with van der Waals surface area (Å²) >= 11 is 3.74. The number of urea groups is 2. The van der Waals surface area contributed by atoms with E-state index in [0.29, 0.717) is 23.3 Å². The highest BCUT2D eigenvalue weighted by Gasteiger charge is 2.43. The molecule has 28 heavy (non-hydrogen) atoms. The van der Waals surface area contributed by atoms with Crippen molar-refractivity contribution in [3.63, 3.8) is 0 Å². The van der Waals surface area contributed by atoms with Crippen LogP contribution in [-0.4, -0.2) is 69.3 Å². The zero-order chi connectivity index (χ0) is 19.7. The van der Waals surface area contributed by atoms with Gasteiger partial charge in [-0.15, -0.1) is 0 Å². The second-order valence-electron chi connectivity index (χ2n) is 8.14. The number of hydrogen-bond donors (Lipinski definition) is 5. The molecule has 0 aromatic rings. The van der Waals surface area contributed by atoms with Gasteiger partial charge >= 0.3 is 18.0 Å². The smallest absolute Gasteiger partial charge is 0.315 e. The first-order valence-electron chi connectivity index (χ1n) is 10.1. The molecule has 0 radical (unpaired) electrons. The Bertz CT molecular complexity index is 591. The average Bonchev–Trinajstić information content (AvgIpc) is 3.36. The molecule has 8 nitrogen and oxygen atoms in total. The fourth-order valence-electron chi connectivity index (χ4n) is 4.81. The molecule has 0 spiro atoms. The van der Waals surface area contributed by atoms with Crippen LogP contribution in [0.2, 0.25) is 0 Å². The molecular formula is C18H28N4O4S2. The van der Waals surface area contributed by atoms with Crippen LogP contribution in [-0.2, 0) is 4.79 Å². The summed E-state index contributed by atoms with van der Waals surface area (Å²) in [5.74, 6) is 0.851. The van der Waals surface area contributed by atoms with E-state index in [-0.39, 0.29) is 42.1 Å². The first-order chi connectivity index (χ1) is 13.5. The van der Waals surface area contributed by atoms with Crippen molar-refractivity contribution in [3.05, 3.63) is 0 Å². The Hall–Kier alpha value is -1.29. The molecule has 4 amide bonds. The van der Waals surface area contributed by atoms with Gasteiger partial charge in [0.1, 0.15) is 0 Å². The summed E-state index contributed by atoms with van der Waals surface area (Å²) in [7, 11) is 0. The van der Waals surface area contributed by atoms with E-state index >= 15 is 0 Å². The Balaban J connectivity index is 1.17. The summed E-state index contributed by atoms with van der Waals surface area (Å²) < 4.78 is 0. The normalized spacial score (nSPS) is 36.9. The quantitative estimate of drug-likeness (QED) is 0.354. The van der Waals surface area contributed by atoms with Crippen LogP contribution in [0.25, 0.3) is 0 Å². The van der Waals surface area contributed by atoms with Crippen molar-refractivity contribution < 1.29 is 19.5 Å². The standard InChI is InChI=1S/C18H28N4O4S2/c23-16(24)9(3-1-5-12-14-10(7-27-12)19-17(25)21-14)4-2-6-13-15-11(8-28-13)20-18(26)22-15/h9-15H,1-8H2,(H,23,24)(H2,19,21,25)(H2,20,22,26). The van der Waals surface area contributed by atoms with Gasteiger partial charge in [-0.3, -0.25) is 4.79 Å². The predicted molar refractivity (Wildman–Crippen MR) is 110 cm³/mol. The first kappa shape index (κ1) is 20.0. The SMILES string of the molecule is O=C1NC2CSC(CCCC(CCCC3SCC4NC(=O)NC43)C(=O)O)C2N1. The van der Waals surface area contributed by atoms with Crippen LogP contribution >= 0.6 is 23.5 Å². The van der Waals surface area contributed by atoms with E-state index < -0.39 is 5.97 Å². The molecule has 0 aromatic heterocycles. The summed E-state index contributed by atoms with van der Waals surface area (Å²) in [6, 6.07) is 0.646. The number of fused-ring (bicyclic) bond motifs is 2. The molecule has 0 bridgehead atoms. The zero-order valence-electron chi connectivity index (χ0n) is 15.7. The van der Waals surface area contributed by atoms with Crippen LogP contribution in [0.3, 0.4) is 0 Å². The molecule has 4 fully saturated rings. The number of carbonyl (C=O) groups excluding carboxylic acids is 2. The molecule has 4 saturated heterocycles. The number of hydrogen-bond acceptors (Lipinski definition) is 5. The van der Waals surface area contributed by atoms with Crippen molar-refractivity contribution in [2.75, 3.05) is 11.5 Å². The lowest BCUT2D eigenvalue weighted by molar-refractivity contribution is -0.142. The Morgan fingerprint density at radius 3 is 1.79 bits per heavy atom. The third-order valence-corrected chi connectivity index (χ3v) is 9.33. The Kier molecular flexibility index (Phi) is 6.15. The van der Waals surface area contributed by atoms with Crippen molar-refractivity contribution in [1.29, 1.82) is 0 Å². The van der Waals surface area contributed by atoms with Crippen molar-refractivity contribution in [2.45, 2.75) is 73.2 Å². The van der Waals surface area contributed by atoms with Crippen molar-refractivity contribution in [3.8, 4) is 0 Å². The third kappa shape index (κ3) is 4.32. The zero-order valence-corrected chi connectivity index (χ0v) is 17.3. The van der Waals surface area contributed by atoms with E-state index in [1.165, 1.54) is 0 Å². The molecular weight excluding hydrogens is 400 g/mol. The Labute approximate surface area is 173 Å². The molecule has 4 heterocycles. The molecule has 10 heteroatoms. The lowest BCUT2D eigenvalue weighted by Crippen LogP contribution is -2.37. The second kappa shape index (κ2) is 8.61. The van der Waals surface area contributed by atoms with Crippen LogP contribution in [0.1, 0.15) is 38.5 Å². The molecule has 156 valence electrons. The number of carboxylic acids is 1. The minimum atomic E-state index is -0.708. The van der Waals surface area contributed by atoms with Crippen LogP contribution in [0, 0.1) is 5.92 Å². The summed E-state index contributed by atoms with van der Waals surface area (Å²) in [6.07, 6.45) is 5.00. The predicted octanol–water partition coefficient (Wildman–Crippen LogP) is 1.36. The molecule has 0 aliphatic carbocycles. The maximum Gasteiger partial charge on any atom is 0.315 e. The number of nitrogens with one attached hydrogen (secondary N) is 4. The molecule has 6 unspecified atom stereocenters. The summed E-state index contributed by atoms with van der Waals surface area (Å²) in [6.45, 7) is 0. The monoisotopic (exact) mass is 428 g/mol. The van der Waals surface area contributed by atoms with Gasteiger partial charge in [0, 0.05) is 22.0 Å². The number of carboxylic acid groups (broad SMARTS) is 1. The summed E-state index contributed by atoms with van der Waals surface area (Å²) in [4.78, 5) is 34.6. The summed E-state index contributed by atoms with van der Waals surface area (Å²) in [5, 5.41) is 22.2. The van der Waals surface area contributed by atoms with Crippen molar-refractivity contribution >= 4 is 41.6 Å². The molecule has 6 atom stereocenters. The molecule has 0 aromatic carbocycles. The molecule has 4 aliphatic heterocycles. The number of carbonyl (C=O) groups is 3. The number of thioether (sulfide) groups is 2. The first-order valence-corrected chi connectivity index (χ1v) is 12.2. The van der Waals surface area contributed by atoms with Crippen LogP contribution in [0.5, 0.6) is 0 Å². The third-order valence-electron chi connectivity index (χ3n) is 6.31. The topological polar surface area (TPSA) is 120 Å². The van der Waals surface area contributed by atoms with E-state index in [4.69, 9.17) is 0 Å². The van der Waals surface area contributed by atoms with Crippen molar-refractivity contribution in [2.24, 2.45) is 5.92 Å². The molecule has 4 rings (SSSR count). The minimum absolute atomic E-state index is 0.0793. The minimum Gasteiger partial charge on any atom is -0.481 e. The highest BCUT2D eigenvalue weighted by molar-refractivity contribution is 8.00. The lowest BCUT2D eigenvalue weighted by Gasteiger charge is -2.19. The van der Waals surface area contributed by atoms with Gasteiger partial charge in [0.2, 0.25) is 0 Å². The van der Waals surface area contributed by atoms with Gasteiger partial charge in [-0.25, -0.2) is 9.59 Å². The number of rotatable bonds is 9. The maximum absolute atomic E-state index is 11.7. The highest BCUT2D eigenvalue weighted by Crippen LogP contribution is 2.35. The molecule has 0 saturated carbocycles. The van der Waals surface area contributed by atoms with Gasteiger partial charge in [0.05, 0.1) is 30.1 Å². The Morgan fingerprint density at radius 2 is 1.36 bits per heavy atom. The largest absolute Gasteiger partial charge is 0.481 e.